The van der Waals surface area contributed by atoms with Crippen LogP contribution in [-0.2, 0) is 6.54 Å². The van der Waals surface area contributed by atoms with Crippen molar-refractivity contribution >= 4 is 0 Å². The first-order valence-corrected chi connectivity index (χ1v) is 11.5. The van der Waals surface area contributed by atoms with Gasteiger partial charge in [0.2, 0.25) is 0 Å². The molecule has 0 aromatic carbocycles. The fourth-order valence-electron chi connectivity index (χ4n) is 5.81. The van der Waals surface area contributed by atoms with Crippen molar-refractivity contribution in [3.05, 3.63) is 17.5 Å². The molecule has 1 atom stereocenters. The molecular weight excluding hydrogens is 336 g/mol. The normalized spacial score (nSPS) is 27.2. The molecule has 2 aliphatic carbocycles. The molecule has 0 amide bonds. The largest absolute Gasteiger partial charge is 0.396 e. The molecule has 4 rings (SSSR count). The predicted octanol–water partition coefficient (Wildman–Crippen LogP) is 3.66. The second-order valence-corrected chi connectivity index (χ2v) is 9.07. The minimum Gasteiger partial charge on any atom is -0.396 e. The number of aliphatic hydroxyl groups excluding tert-OH is 1. The summed E-state index contributed by atoms with van der Waals surface area (Å²) in [4.78, 5) is 5.35. The molecular formula is C22H38N4O. The number of H-pyrrole nitrogens is 1. The highest BCUT2D eigenvalue weighted by atomic mass is 16.3. The lowest BCUT2D eigenvalue weighted by molar-refractivity contribution is 0.0135. The number of aromatic nitrogens is 2. The van der Waals surface area contributed by atoms with Gasteiger partial charge in [-0.3, -0.25) is 14.9 Å². The van der Waals surface area contributed by atoms with Crippen LogP contribution in [-0.4, -0.2) is 63.4 Å². The Hall–Kier alpha value is -0.910. The highest BCUT2D eigenvalue weighted by Crippen LogP contribution is 2.34. The van der Waals surface area contributed by atoms with Gasteiger partial charge in [-0.2, -0.15) is 5.10 Å². The van der Waals surface area contributed by atoms with Crippen LogP contribution in [0.25, 0.3) is 0 Å². The molecule has 27 heavy (non-hydrogen) atoms. The molecule has 5 heteroatoms. The van der Waals surface area contributed by atoms with Gasteiger partial charge in [-0.05, 0) is 32.1 Å². The Bertz CT molecular complexity index is 562. The summed E-state index contributed by atoms with van der Waals surface area (Å²) >= 11 is 0. The average molecular weight is 375 g/mol. The van der Waals surface area contributed by atoms with Crippen molar-refractivity contribution in [2.75, 3.05) is 26.2 Å². The van der Waals surface area contributed by atoms with Gasteiger partial charge >= 0.3 is 0 Å². The number of hydrogen-bond acceptors (Lipinski definition) is 4. The fourth-order valence-corrected chi connectivity index (χ4v) is 5.81. The van der Waals surface area contributed by atoms with Crippen LogP contribution in [0.1, 0.15) is 87.8 Å². The zero-order valence-electron chi connectivity index (χ0n) is 16.9. The van der Waals surface area contributed by atoms with E-state index in [9.17, 15) is 5.11 Å². The zero-order valence-corrected chi connectivity index (χ0v) is 16.9. The lowest BCUT2D eigenvalue weighted by Gasteiger charge is -2.46. The first kappa shape index (κ1) is 19.4. The molecule has 0 unspecified atom stereocenters. The molecule has 152 valence electrons. The van der Waals surface area contributed by atoms with E-state index in [1.165, 1.54) is 75.5 Å². The van der Waals surface area contributed by atoms with Crippen LogP contribution in [0.5, 0.6) is 0 Å². The topological polar surface area (TPSA) is 55.4 Å². The van der Waals surface area contributed by atoms with E-state index in [0.717, 1.165) is 38.6 Å². The Morgan fingerprint density at radius 1 is 1.00 bits per heavy atom. The van der Waals surface area contributed by atoms with Crippen molar-refractivity contribution in [3.8, 4) is 0 Å². The number of nitrogens with one attached hydrogen (secondary N) is 1. The summed E-state index contributed by atoms with van der Waals surface area (Å²) in [5.74, 6) is 0.688. The van der Waals surface area contributed by atoms with Crippen molar-refractivity contribution < 1.29 is 5.11 Å². The lowest BCUT2D eigenvalue weighted by atomic mass is 9.85. The summed E-state index contributed by atoms with van der Waals surface area (Å²) in [6, 6.07) is 1.26. The molecule has 1 saturated heterocycles. The van der Waals surface area contributed by atoms with Crippen molar-refractivity contribution in [2.24, 2.45) is 0 Å². The maximum absolute atomic E-state index is 9.63. The molecule has 1 aromatic rings. The molecule has 2 N–H and O–H groups in total. The maximum Gasteiger partial charge on any atom is 0.0535 e. The third-order valence-corrected chi connectivity index (χ3v) is 7.28. The molecule has 1 aromatic heterocycles. The molecule has 2 saturated carbocycles. The van der Waals surface area contributed by atoms with E-state index in [4.69, 9.17) is 0 Å². The van der Waals surface area contributed by atoms with E-state index in [1.54, 1.807) is 0 Å². The second-order valence-electron chi connectivity index (χ2n) is 9.07. The van der Waals surface area contributed by atoms with Gasteiger partial charge < -0.3 is 5.11 Å². The number of aliphatic hydroxyl groups is 1. The molecule has 3 fully saturated rings. The Balaban J connectivity index is 1.38. The van der Waals surface area contributed by atoms with Gasteiger partial charge in [0.05, 0.1) is 6.20 Å². The summed E-state index contributed by atoms with van der Waals surface area (Å²) in [6.07, 6.45) is 16.6. The third kappa shape index (κ3) is 4.75. The van der Waals surface area contributed by atoms with E-state index in [0.29, 0.717) is 18.6 Å². The van der Waals surface area contributed by atoms with Gasteiger partial charge in [0.1, 0.15) is 0 Å². The molecule has 3 aliphatic rings. The van der Waals surface area contributed by atoms with E-state index in [1.807, 2.05) is 0 Å². The first-order chi connectivity index (χ1) is 13.3. The van der Waals surface area contributed by atoms with Crippen LogP contribution < -0.4 is 0 Å². The quantitative estimate of drug-likeness (QED) is 0.798. The Kier molecular flexibility index (Phi) is 6.85. The molecule has 2 heterocycles. The van der Waals surface area contributed by atoms with Gasteiger partial charge in [-0.1, -0.05) is 38.5 Å². The van der Waals surface area contributed by atoms with Crippen molar-refractivity contribution in [1.82, 2.24) is 20.0 Å². The van der Waals surface area contributed by atoms with Crippen LogP contribution in [0.15, 0.2) is 6.20 Å². The van der Waals surface area contributed by atoms with Crippen LogP contribution in [0, 0.1) is 0 Å². The maximum atomic E-state index is 9.63. The van der Waals surface area contributed by atoms with E-state index in [-0.39, 0.29) is 0 Å². The van der Waals surface area contributed by atoms with E-state index >= 15 is 0 Å². The summed E-state index contributed by atoms with van der Waals surface area (Å²) in [5, 5.41) is 17.4. The highest BCUT2D eigenvalue weighted by molar-refractivity contribution is 5.21. The van der Waals surface area contributed by atoms with Gasteiger partial charge in [-0.15, -0.1) is 0 Å². The predicted molar refractivity (Wildman–Crippen MR) is 109 cm³/mol. The van der Waals surface area contributed by atoms with E-state index < -0.39 is 0 Å². The van der Waals surface area contributed by atoms with Crippen LogP contribution >= 0.6 is 0 Å². The monoisotopic (exact) mass is 374 g/mol. The van der Waals surface area contributed by atoms with Crippen molar-refractivity contribution in [3.63, 3.8) is 0 Å². The summed E-state index contributed by atoms with van der Waals surface area (Å²) < 4.78 is 0. The second kappa shape index (κ2) is 9.53. The van der Waals surface area contributed by atoms with Crippen molar-refractivity contribution in [1.29, 1.82) is 0 Å². The van der Waals surface area contributed by atoms with E-state index in [2.05, 4.69) is 26.2 Å². The SMILES string of the molecule is OCC[C@H]1CN(Cc2cn[nH]c2C2CCCCC2)CCN1C1CCCCC1. The Labute approximate surface area is 164 Å². The summed E-state index contributed by atoms with van der Waals surface area (Å²) in [7, 11) is 0. The zero-order chi connectivity index (χ0) is 18.5. The molecule has 5 nitrogen and oxygen atoms in total. The smallest absolute Gasteiger partial charge is 0.0535 e. The average Bonchev–Trinajstić information content (AvgIpc) is 3.18. The van der Waals surface area contributed by atoms with Gasteiger partial charge in [0.25, 0.3) is 0 Å². The minimum atomic E-state index is 0.306. The van der Waals surface area contributed by atoms with Gasteiger partial charge in [0.15, 0.2) is 0 Å². The van der Waals surface area contributed by atoms with Crippen LogP contribution in [0.2, 0.25) is 0 Å². The number of hydrogen-bond donors (Lipinski definition) is 2. The highest BCUT2D eigenvalue weighted by Gasteiger charge is 2.32. The Morgan fingerprint density at radius 3 is 2.48 bits per heavy atom. The Morgan fingerprint density at radius 2 is 1.74 bits per heavy atom. The van der Waals surface area contributed by atoms with Gasteiger partial charge in [-0.25, -0.2) is 0 Å². The number of piperazine rings is 1. The fraction of sp³-hybridized carbons (Fsp3) is 0.864. The molecule has 0 radical (unpaired) electrons. The summed E-state index contributed by atoms with van der Waals surface area (Å²) in [5.41, 5.74) is 2.82. The minimum absolute atomic E-state index is 0.306. The number of rotatable bonds is 6. The third-order valence-electron chi connectivity index (χ3n) is 7.28. The molecule has 0 bridgehead atoms. The summed E-state index contributed by atoms with van der Waals surface area (Å²) in [6.45, 7) is 4.72. The standard InChI is InChI=1S/C22H38N4O/c27-14-11-21-17-25(12-13-26(21)20-9-5-2-6-10-20)16-19-15-23-24-22(19)18-7-3-1-4-8-18/h15,18,20-21,27H,1-14,16-17H2,(H,23,24)/t21-/m0/s1. The first-order valence-electron chi connectivity index (χ1n) is 11.5. The number of aromatic amines is 1. The molecule has 0 spiro atoms. The van der Waals surface area contributed by atoms with Gasteiger partial charge in [0, 0.05) is 62.0 Å². The van der Waals surface area contributed by atoms with Crippen LogP contribution in [0.3, 0.4) is 0 Å². The van der Waals surface area contributed by atoms with Crippen LogP contribution in [0.4, 0.5) is 0 Å². The number of nitrogens with zero attached hydrogens (tertiary/aromatic N) is 3. The molecule has 1 aliphatic heterocycles. The van der Waals surface area contributed by atoms with Crippen molar-refractivity contribution in [2.45, 2.75) is 95.2 Å². The lowest BCUT2D eigenvalue weighted by Crippen LogP contribution is -2.56.